The predicted octanol–water partition coefficient (Wildman–Crippen LogP) is 1.76. The summed E-state index contributed by atoms with van der Waals surface area (Å²) in [5.41, 5.74) is 2.14. The molecule has 1 fully saturated rings. The number of nitrogens with zero attached hydrogens (tertiary/aromatic N) is 1. The molecule has 3 rings (SSSR count). The van der Waals surface area contributed by atoms with Gasteiger partial charge in [-0.25, -0.2) is 4.98 Å². The van der Waals surface area contributed by atoms with Crippen LogP contribution in [0.5, 0.6) is 0 Å². The number of hydrogen-bond donors (Lipinski definition) is 1. The quantitative estimate of drug-likeness (QED) is 0.791. The molecule has 82 valence electrons. The van der Waals surface area contributed by atoms with E-state index in [2.05, 4.69) is 10.3 Å². The molecule has 4 nitrogen and oxygen atoms in total. The average Bonchev–Trinajstić information content (AvgIpc) is 3.01. The minimum atomic E-state index is 0.108. The summed E-state index contributed by atoms with van der Waals surface area (Å²) >= 11 is 0. The van der Waals surface area contributed by atoms with E-state index < -0.39 is 0 Å². The summed E-state index contributed by atoms with van der Waals surface area (Å²) in [7, 11) is 0. The first kappa shape index (κ1) is 9.54. The third kappa shape index (κ3) is 1.84. The van der Waals surface area contributed by atoms with E-state index in [1.54, 1.807) is 18.2 Å². The van der Waals surface area contributed by atoms with Crippen molar-refractivity contribution in [2.45, 2.75) is 18.9 Å². The molecule has 16 heavy (non-hydrogen) atoms. The van der Waals surface area contributed by atoms with Crippen LogP contribution in [-0.2, 0) is 0 Å². The molecule has 0 unspecified atom stereocenters. The van der Waals surface area contributed by atoms with E-state index in [1.807, 2.05) is 0 Å². The first-order valence-electron chi connectivity index (χ1n) is 5.43. The fourth-order valence-corrected chi connectivity index (χ4v) is 1.66. The molecule has 0 atom stereocenters. The van der Waals surface area contributed by atoms with Gasteiger partial charge in [0.2, 0.25) is 0 Å². The Labute approximate surface area is 92.7 Å². The van der Waals surface area contributed by atoms with E-state index in [4.69, 9.17) is 4.42 Å². The lowest BCUT2D eigenvalue weighted by Crippen LogP contribution is -2.24. The zero-order valence-corrected chi connectivity index (χ0v) is 8.77. The standard InChI is InChI=1S/C12H12N2O2/c15-11(6-13-9-2-3-9)8-1-4-12-10(5-8)14-7-16-12/h1,4-5,7,9,13H,2-3,6H2. The van der Waals surface area contributed by atoms with Crippen LogP contribution in [-0.4, -0.2) is 23.4 Å². The zero-order chi connectivity index (χ0) is 11.0. The molecule has 2 aromatic rings. The molecule has 0 spiro atoms. The van der Waals surface area contributed by atoms with E-state index in [0.717, 1.165) is 5.52 Å². The smallest absolute Gasteiger partial charge is 0.181 e. The van der Waals surface area contributed by atoms with Crippen molar-refractivity contribution in [2.75, 3.05) is 6.54 Å². The molecule has 0 bridgehead atoms. The average molecular weight is 216 g/mol. The number of rotatable bonds is 4. The van der Waals surface area contributed by atoms with E-state index >= 15 is 0 Å². The maximum absolute atomic E-state index is 11.8. The third-order valence-electron chi connectivity index (χ3n) is 2.78. The van der Waals surface area contributed by atoms with Crippen LogP contribution < -0.4 is 5.32 Å². The van der Waals surface area contributed by atoms with Gasteiger partial charge >= 0.3 is 0 Å². The monoisotopic (exact) mass is 216 g/mol. The molecule has 1 aromatic heterocycles. The van der Waals surface area contributed by atoms with Crippen LogP contribution in [0.25, 0.3) is 11.1 Å². The fraction of sp³-hybridized carbons (Fsp3) is 0.333. The Morgan fingerprint density at radius 1 is 1.50 bits per heavy atom. The summed E-state index contributed by atoms with van der Waals surface area (Å²) in [6.45, 7) is 0.411. The number of Topliss-reactive ketones (excluding diaryl/α,β-unsaturated/α-hetero) is 1. The second kappa shape index (κ2) is 3.72. The van der Waals surface area contributed by atoms with Gasteiger partial charge < -0.3 is 9.73 Å². The lowest BCUT2D eigenvalue weighted by molar-refractivity contribution is 0.0990. The molecule has 0 radical (unpaired) electrons. The molecular formula is C12H12N2O2. The molecule has 1 aromatic carbocycles. The first-order valence-corrected chi connectivity index (χ1v) is 5.43. The van der Waals surface area contributed by atoms with Gasteiger partial charge in [0.1, 0.15) is 5.52 Å². The van der Waals surface area contributed by atoms with Crippen molar-refractivity contribution >= 4 is 16.9 Å². The summed E-state index contributed by atoms with van der Waals surface area (Å²) in [6, 6.07) is 5.90. The Morgan fingerprint density at radius 2 is 2.38 bits per heavy atom. The summed E-state index contributed by atoms with van der Waals surface area (Å²) in [6.07, 6.45) is 3.77. The Kier molecular flexibility index (Phi) is 2.22. The van der Waals surface area contributed by atoms with Crippen LogP contribution in [0.3, 0.4) is 0 Å². The molecule has 1 aliphatic carbocycles. The highest BCUT2D eigenvalue weighted by Crippen LogP contribution is 2.19. The van der Waals surface area contributed by atoms with Gasteiger partial charge in [-0.05, 0) is 31.0 Å². The highest BCUT2D eigenvalue weighted by atomic mass is 16.3. The van der Waals surface area contributed by atoms with Gasteiger partial charge in [0, 0.05) is 11.6 Å². The van der Waals surface area contributed by atoms with Crippen LogP contribution in [0, 0.1) is 0 Å². The van der Waals surface area contributed by atoms with Crippen LogP contribution in [0.2, 0.25) is 0 Å². The highest BCUT2D eigenvalue weighted by Gasteiger charge is 2.21. The third-order valence-corrected chi connectivity index (χ3v) is 2.78. The molecule has 0 aliphatic heterocycles. The normalized spacial score (nSPS) is 15.5. The number of hydrogen-bond acceptors (Lipinski definition) is 4. The Morgan fingerprint density at radius 3 is 3.19 bits per heavy atom. The number of ketones is 1. The van der Waals surface area contributed by atoms with Gasteiger partial charge in [-0.1, -0.05) is 0 Å². The minimum absolute atomic E-state index is 0.108. The highest BCUT2D eigenvalue weighted by molar-refractivity contribution is 5.99. The van der Waals surface area contributed by atoms with Crippen molar-refractivity contribution in [3.05, 3.63) is 30.2 Å². The Bertz CT molecular complexity index is 529. The van der Waals surface area contributed by atoms with Crippen LogP contribution >= 0.6 is 0 Å². The number of fused-ring (bicyclic) bond motifs is 1. The van der Waals surface area contributed by atoms with Crippen molar-refractivity contribution in [3.63, 3.8) is 0 Å². The number of nitrogens with one attached hydrogen (secondary N) is 1. The topological polar surface area (TPSA) is 55.1 Å². The number of carbonyl (C=O) groups excluding carboxylic acids is 1. The molecule has 1 N–H and O–H groups in total. The molecule has 1 aliphatic rings. The molecule has 1 saturated carbocycles. The van der Waals surface area contributed by atoms with Gasteiger partial charge in [0.05, 0.1) is 6.54 Å². The van der Waals surface area contributed by atoms with Crippen molar-refractivity contribution in [2.24, 2.45) is 0 Å². The minimum Gasteiger partial charge on any atom is -0.443 e. The van der Waals surface area contributed by atoms with Crippen molar-refractivity contribution in [3.8, 4) is 0 Å². The van der Waals surface area contributed by atoms with Crippen LogP contribution in [0.1, 0.15) is 23.2 Å². The van der Waals surface area contributed by atoms with Crippen molar-refractivity contribution in [1.82, 2.24) is 10.3 Å². The van der Waals surface area contributed by atoms with Gasteiger partial charge in [0.25, 0.3) is 0 Å². The first-order chi connectivity index (χ1) is 7.83. The predicted molar refractivity (Wildman–Crippen MR) is 59.4 cm³/mol. The molecule has 1 heterocycles. The lowest BCUT2D eigenvalue weighted by Gasteiger charge is -2.01. The number of aromatic nitrogens is 1. The summed E-state index contributed by atoms with van der Waals surface area (Å²) in [5.74, 6) is 0.108. The zero-order valence-electron chi connectivity index (χ0n) is 8.77. The molecule has 4 heteroatoms. The molecule has 0 amide bonds. The Hall–Kier alpha value is -1.68. The maximum Gasteiger partial charge on any atom is 0.181 e. The second-order valence-corrected chi connectivity index (χ2v) is 4.11. The Balaban J connectivity index is 1.78. The second-order valence-electron chi connectivity index (χ2n) is 4.11. The van der Waals surface area contributed by atoms with Gasteiger partial charge in [-0.3, -0.25) is 4.79 Å². The van der Waals surface area contributed by atoms with Crippen molar-refractivity contribution < 1.29 is 9.21 Å². The maximum atomic E-state index is 11.8. The van der Waals surface area contributed by atoms with Gasteiger partial charge in [-0.15, -0.1) is 0 Å². The van der Waals surface area contributed by atoms with E-state index in [0.29, 0.717) is 23.7 Å². The summed E-state index contributed by atoms with van der Waals surface area (Å²) < 4.78 is 5.12. The summed E-state index contributed by atoms with van der Waals surface area (Å²) in [4.78, 5) is 15.9. The van der Waals surface area contributed by atoms with E-state index in [-0.39, 0.29) is 5.78 Å². The van der Waals surface area contributed by atoms with Gasteiger partial charge in [0.15, 0.2) is 17.8 Å². The van der Waals surface area contributed by atoms with Gasteiger partial charge in [-0.2, -0.15) is 0 Å². The fourth-order valence-electron chi connectivity index (χ4n) is 1.66. The largest absolute Gasteiger partial charge is 0.443 e. The lowest BCUT2D eigenvalue weighted by atomic mass is 10.1. The number of benzene rings is 1. The van der Waals surface area contributed by atoms with Crippen LogP contribution in [0.4, 0.5) is 0 Å². The molecule has 0 saturated heterocycles. The van der Waals surface area contributed by atoms with Crippen molar-refractivity contribution in [1.29, 1.82) is 0 Å². The van der Waals surface area contributed by atoms with E-state index in [9.17, 15) is 4.79 Å². The molecular weight excluding hydrogens is 204 g/mol. The number of carbonyl (C=O) groups is 1. The summed E-state index contributed by atoms with van der Waals surface area (Å²) in [5, 5.41) is 3.20. The van der Waals surface area contributed by atoms with E-state index in [1.165, 1.54) is 19.2 Å². The SMILES string of the molecule is O=C(CNC1CC1)c1ccc2ocnc2c1. The van der Waals surface area contributed by atoms with Crippen LogP contribution in [0.15, 0.2) is 29.0 Å². The number of oxazole rings is 1.